The first-order valence-electron chi connectivity index (χ1n) is 12.6. The van der Waals surface area contributed by atoms with Crippen LogP contribution in [0.5, 0.6) is 5.88 Å². The van der Waals surface area contributed by atoms with Crippen LogP contribution in [0.2, 0.25) is 0 Å². The first-order chi connectivity index (χ1) is 17.8. The van der Waals surface area contributed by atoms with Crippen molar-refractivity contribution in [3.63, 3.8) is 0 Å². The van der Waals surface area contributed by atoms with Crippen LogP contribution in [0.15, 0.2) is 47.4 Å². The van der Waals surface area contributed by atoms with Gasteiger partial charge in [-0.2, -0.15) is 9.61 Å². The molecule has 1 saturated carbocycles. The Morgan fingerprint density at radius 1 is 1.24 bits per heavy atom. The van der Waals surface area contributed by atoms with Crippen molar-refractivity contribution in [1.82, 2.24) is 24.4 Å². The van der Waals surface area contributed by atoms with E-state index in [4.69, 9.17) is 4.74 Å². The van der Waals surface area contributed by atoms with Gasteiger partial charge in [0.2, 0.25) is 11.8 Å². The molecule has 2 N–H and O–H groups in total. The van der Waals surface area contributed by atoms with E-state index in [1.807, 2.05) is 44.2 Å². The number of ether oxygens (including phenoxy) is 1. The molecule has 10 nitrogen and oxygen atoms in total. The van der Waals surface area contributed by atoms with E-state index in [2.05, 4.69) is 10.4 Å². The number of nitrogens with zero attached hydrogens (tertiary/aromatic N) is 4. The third-order valence-electron chi connectivity index (χ3n) is 6.60. The highest BCUT2D eigenvalue weighted by Gasteiger charge is 2.30. The minimum absolute atomic E-state index is 0.0302. The lowest BCUT2D eigenvalue weighted by atomic mass is 10.0. The van der Waals surface area contributed by atoms with Gasteiger partial charge in [0, 0.05) is 30.8 Å². The number of fused-ring (bicyclic) bond motifs is 1. The summed E-state index contributed by atoms with van der Waals surface area (Å²) < 4.78 is 8.27. The number of carbonyl (C=O) groups is 2. The molecule has 1 unspecified atom stereocenters. The van der Waals surface area contributed by atoms with Gasteiger partial charge in [-0.15, -0.1) is 0 Å². The van der Waals surface area contributed by atoms with E-state index in [0.29, 0.717) is 37.5 Å². The molecule has 1 saturated heterocycles. The van der Waals surface area contributed by atoms with Crippen molar-refractivity contribution in [2.24, 2.45) is 5.92 Å². The van der Waals surface area contributed by atoms with E-state index in [9.17, 15) is 19.5 Å². The number of benzene rings is 1. The van der Waals surface area contributed by atoms with Gasteiger partial charge in [-0.1, -0.05) is 44.2 Å². The Kier molecular flexibility index (Phi) is 6.84. The van der Waals surface area contributed by atoms with Crippen molar-refractivity contribution in [3.05, 3.63) is 69.6 Å². The van der Waals surface area contributed by atoms with Gasteiger partial charge in [0.05, 0.1) is 25.5 Å². The Balaban J connectivity index is 1.50. The lowest BCUT2D eigenvalue weighted by Crippen LogP contribution is -2.42. The summed E-state index contributed by atoms with van der Waals surface area (Å²) in [5, 5.41) is 18.0. The standard InChI is InChI=1S/C27H31N5O5/c1-17(2)15-31-25-19(14-28-32(25)27(36)23(26(31)35)24(34)29-20-9-10-20)8-11-22(33)30-12-13-37-16-21(30)18-6-4-3-5-7-18/h3-8,11,14,17,20-21,35H,9-10,12-13,15-16H2,1-2H3,(H,29,34). The van der Waals surface area contributed by atoms with E-state index >= 15 is 0 Å². The molecule has 10 heteroatoms. The Bertz CT molecular complexity index is 1400. The lowest BCUT2D eigenvalue weighted by Gasteiger charge is -2.35. The molecule has 1 aliphatic heterocycles. The monoisotopic (exact) mass is 505 g/mol. The van der Waals surface area contributed by atoms with E-state index in [1.165, 1.54) is 16.8 Å². The van der Waals surface area contributed by atoms with Crippen LogP contribution in [0.4, 0.5) is 0 Å². The highest BCUT2D eigenvalue weighted by Crippen LogP contribution is 2.26. The summed E-state index contributed by atoms with van der Waals surface area (Å²) in [6.45, 7) is 5.60. The predicted molar refractivity (Wildman–Crippen MR) is 137 cm³/mol. The fraction of sp³-hybridized carbons (Fsp3) is 0.407. The Morgan fingerprint density at radius 2 is 2.00 bits per heavy atom. The molecule has 3 heterocycles. The number of aromatic nitrogens is 3. The number of rotatable bonds is 7. The second-order valence-corrected chi connectivity index (χ2v) is 9.96. The Hall–Kier alpha value is -3.92. The van der Waals surface area contributed by atoms with Crippen LogP contribution in [-0.4, -0.2) is 61.8 Å². The molecule has 2 amide bonds. The molecule has 2 fully saturated rings. The number of morpholine rings is 1. The highest BCUT2D eigenvalue weighted by molar-refractivity contribution is 5.97. The topological polar surface area (TPSA) is 118 Å². The summed E-state index contributed by atoms with van der Waals surface area (Å²) in [6.07, 6.45) is 6.23. The number of amides is 2. The molecule has 1 aliphatic carbocycles. The van der Waals surface area contributed by atoms with Crippen molar-refractivity contribution >= 4 is 23.5 Å². The lowest BCUT2D eigenvalue weighted by molar-refractivity contribution is -0.134. The minimum Gasteiger partial charge on any atom is -0.494 e. The van der Waals surface area contributed by atoms with Gasteiger partial charge in [0.25, 0.3) is 11.5 Å². The average molecular weight is 506 g/mol. The van der Waals surface area contributed by atoms with Gasteiger partial charge < -0.3 is 20.1 Å². The number of nitrogens with one attached hydrogen (secondary N) is 1. The summed E-state index contributed by atoms with van der Waals surface area (Å²) in [6, 6.07) is 9.56. The summed E-state index contributed by atoms with van der Waals surface area (Å²) in [7, 11) is 0. The van der Waals surface area contributed by atoms with Crippen molar-refractivity contribution in [1.29, 1.82) is 0 Å². The summed E-state index contributed by atoms with van der Waals surface area (Å²) in [4.78, 5) is 41.0. The van der Waals surface area contributed by atoms with Crippen LogP contribution < -0.4 is 10.9 Å². The first-order valence-corrected chi connectivity index (χ1v) is 12.6. The highest BCUT2D eigenvalue weighted by atomic mass is 16.5. The molecule has 194 valence electrons. The molecular weight excluding hydrogens is 474 g/mol. The van der Waals surface area contributed by atoms with E-state index in [0.717, 1.165) is 22.9 Å². The summed E-state index contributed by atoms with van der Waals surface area (Å²) >= 11 is 0. The van der Waals surface area contributed by atoms with Gasteiger partial charge in [-0.3, -0.25) is 19.0 Å². The number of hydrogen-bond acceptors (Lipinski definition) is 6. The molecule has 2 aliphatic rings. The number of carbonyl (C=O) groups excluding carboxylic acids is 2. The van der Waals surface area contributed by atoms with Crippen LogP contribution in [0.3, 0.4) is 0 Å². The zero-order chi connectivity index (χ0) is 26.1. The van der Waals surface area contributed by atoms with E-state index < -0.39 is 17.3 Å². The zero-order valence-electron chi connectivity index (χ0n) is 21.0. The largest absolute Gasteiger partial charge is 0.494 e. The zero-order valence-corrected chi connectivity index (χ0v) is 21.0. The van der Waals surface area contributed by atoms with E-state index in [1.54, 1.807) is 11.0 Å². The molecule has 2 aromatic heterocycles. The fourth-order valence-electron chi connectivity index (χ4n) is 4.63. The van der Waals surface area contributed by atoms with Gasteiger partial charge in [0.15, 0.2) is 5.56 Å². The maximum absolute atomic E-state index is 13.2. The van der Waals surface area contributed by atoms with Gasteiger partial charge in [-0.05, 0) is 30.4 Å². The first kappa shape index (κ1) is 24.8. The van der Waals surface area contributed by atoms with Crippen LogP contribution in [-0.2, 0) is 16.1 Å². The fourth-order valence-corrected chi connectivity index (χ4v) is 4.63. The maximum atomic E-state index is 13.2. The molecule has 0 bridgehead atoms. The third kappa shape index (κ3) is 5.01. The molecule has 0 radical (unpaired) electrons. The van der Waals surface area contributed by atoms with Crippen LogP contribution >= 0.6 is 0 Å². The van der Waals surface area contributed by atoms with Crippen molar-refractivity contribution in [3.8, 4) is 5.88 Å². The van der Waals surface area contributed by atoms with Gasteiger partial charge >= 0.3 is 0 Å². The van der Waals surface area contributed by atoms with E-state index in [-0.39, 0.29) is 29.5 Å². The van der Waals surface area contributed by atoms with Crippen LogP contribution in [0.1, 0.15) is 54.2 Å². The molecule has 0 spiro atoms. The summed E-state index contributed by atoms with van der Waals surface area (Å²) in [5.41, 5.74) is 0.778. The van der Waals surface area contributed by atoms with Gasteiger partial charge in [0.1, 0.15) is 5.65 Å². The average Bonchev–Trinajstić information content (AvgIpc) is 3.60. The van der Waals surface area contributed by atoms with Crippen molar-refractivity contribution < 1.29 is 19.4 Å². The third-order valence-corrected chi connectivity index (χ3v) is 6.60. The molecular formula is C27H31N5O5. The molecule has 3 aromatic rings. The Morgan fingerprint density at radius 3 is 2.70 bits per heavy atom. The molecule has 5 rings (SSSR count). The van der Waals surface area contributed by atoms with Crippen molar-refractivity contribution in [2.45, 2.75) is 45.3 Å². The normalized spacial score (nSPS) is 18.1. The van der Waals surface area contributed by atoms with Crippen molar-refractivity contribution in [2.75, 3.05) is 19.8 Å². The second-order valence-electron chi connectivity index (χ2n) is 9.96. The van der Waals surface area contributed by atoms with Gasteiger partial charge in [-0.25, -0.2) is 0 Å². The quantitative estimate of drug-likeness (QED) is 0.476. The number of aromatic hydroxyl groups is 1. The summed E-state index contributed by atoms with van der Waals surface area (Å²) in [5.74, 6) is -1.10. The molecule has 1 atom stereocenters. The molecule has 37 heavy (non-hydrogen) atoms. The molecule has 1 aromatic carbocycles. The van der Waals surface area contributed by atoms with Crippen LogP contribution in [0.25, 0.3) is 11.7 Å². The van der Waals surface area contributed by atoms with Crippen LogP contribution in [0, 0.1) is 5.92 Å². The number of hydrogen-bond donors (Lipinski definition) is 2. The second kappa shape index (κ2) is 10.2. The minimum atomic E-state index is -0.700. The Labute approximate surface area is 214 Å². The SMILES string of the molecule is CC(C)Cn1c(O)c(C(=O)NC2CC2)c(=O)n2ncc(C=CC(=O)N3CCOCC3c3ccccc3)c12. The maximum Gasteiger partial charge on any atom is 0.291 e. The smallest absolute Gasteiger partial charge is 0.291 e. The predicted octanol–water partition coefficient (Wildman–Crippen LogP) is 2.36.